The molecule has 2 nitrogen and oxygen atoms in total. The molecule has 0 amide bonds. The number of benzene rings is 4. The van der Waals surface area contributed by atoms with Crippen molar-refractivity contribution in [3.05, 3.63) is 149 Å². The van der Waals surface area contributed by atoms with Gasteiger partial charge >= 0.3 is 0 Å². The third kappa shape index (κ3) is 7.98. The highest BCUT2D eigenvalue weighted by atomic mass is 19.1. The molecule has 0 aliphatic carbocycles. The highest BCUT2D eigenvalue weighted by Crippen LogP contribution is 2.44. The zero-order valence-electron chi connectivity index (χ0n) is 25.5. The van der Waals surface area contributed by atoms with Crippen LogP contribution in [0.25, 0.3) is 5.57 Å². The molecule has 45 heavy (non-hydrogen) atoms. The third-order valence-electron chi connectivity index (χ3n) is 9.38. The maximum absolute atomic E-state index is 14.2. The first-order valence-corrected chi connectivity index (χ1v) is 15.7. The average Bonchev–Trinajstić information content (AvgIpc) is 3.06. The van der Waals surface area contributed by atoms with Gasteiger partial charge in [0, 0.05) is 30.6 Å². The van der Waals surface area contributed by atoms with Gasteiger partial charge in [-0.3, -0.25) is 4.90 Å². The van der Waals surface area contributed by atoms with E-state index in [0.717, 1.165) is 36.1 Å². The van der Waals surface area contributed by atoms with Gasteiger partial charge in [0.05, 0.1) is 19.6 Å². The first-order valence-electron chi connectivity index (χ1n) is 15.7. The van der Waals surface area contributed by atoms with E-state index in [-0.39, 0.29) is 17.5 Å². The minimum Gasteiger partial charge on any atom is -0.317 e. The summed E-state index contributed by atoms with van der Waals surface area (Å²) >= 11 is 0. The highest BCUT2D eigenvalue weighted by Gasteiger charge is 2.39. The lowest BCUT2D eigenvalue weighted by Gasteiger charge is -2.50. The maximum Gasteiger partial charge on any atom is 0.123 e. The number of nitrogens with zero attached hydrogens (tertiary/aromatic N) is 2. The molecule has 2 bridgehead atoms. The summed E-state index contributed by atoms with van der Waals surface area (Å²) in [5.74, 6) is -1.04. The summed E-state index contributed by atoms with van der Waals surface area (Å²) < 4.78 is 43.8. The minimum atomic E-state index is -0.799. The summed E-state index contributed by atoms with van der Waals surface area (Å²) in [6.07, 6.45) is 5.20. The number of hydrogen-bond donors (Lipinski definition) is 0. The van der Waals surface area contributed by atoms with Crippen molar-refractivity contribution in [3.63, 3.8) is 0 Å². The second-order valence-electron chi connectivity index (χ2n) is 12.2. The van der Waals surface area contributed by atoms with Gasteiger partial charge in [0.25, 0.3) is 0 Å². The molecule has 3 fully saturated rings. The SMILES string of the molecule is C=C(C[N+]12CCN(CC1)CC2)c1ccccc1.[BH3-]CCCCCC(c1cccc(F)c1)(c1cccc(F)c1)c1cccc(F)c1. The summed E-state index contributed by atoms with van der Waals surface area (Å²) in [6, 6.07) is 29.9. The summed E-state index contributed by atoms with van der Waals surface area (Å²) in [6.45, 7) is 13.2. The number of hydrogen-bond acceptors (Lipinski definition) is 1. The van der Waals surface area contributed by atoms with Crippen molar-refractivity contribution >= 4 is 13.4 Å². The van der Waals surface area contributed by atoms with Crippen LogP contribution in [-0.4, -0.2) is 63.0 Å². The monoisotopic (exact) mass is 610 g/mol. The second kappa shape index (κ2) is 15.1. The maximum atomic E-state index is 14.2. The van der Waals surface area contributed by atoms with E-state index in [2.05, 4.69) is 41.8 Å². The molecule has 3 aliphatic heterocycles. The van der Waals surface area contributed by atoms with Gasteiger partial charge in [-0.05, 0) is 72.9 Å². The van der Waals surface area contributed by atoms with Crippen LogP contribution in [0.4, 0.5) is 13.2 Å². The Labute approximate surface area is 268 Å². The molecule has 0 atom stereocenters. The molecule has 3 aliphatic rings. The van der Waals surface area contributed by atoms with Crippen molar-refractivity contribution in [1.29, 1.82) is 0 Å². The van der Waals surface area contributed by atoms with Crippen LogP contribution in [0.2, 0.25) is 6.32 Å². The van der Waals surface area contributed by atoms with Crippen LogP contribution in [0.5, 0.6) is 0 Å². The van der Waals surface area contributed by atoms with Crippen LogP contribution in [0.1, 0.15) is 47.9 Å². The van der Waals surface area contributed by atoms with E-state index in [1.54, 1.807) is 18.2 Å². The Hall–Kier alpha value is -3.61. The van der Waals surface area contributed by atoms with Gasteiger partial charge < -0.3 is 4.48 Å². The number of quaternary nitrogens is 1. The van der Waals surface area contributed by atoms with Gasteiger partial charge in [0.1, 0.15) is 24.0 Å². The normalized spacial score (nSPS) is 19.1. The highest BCUT2D eigenvalue weighted by molar-refractivity contribution is 6.08. The van der Waals surface area contributed by atoms with Gasteiger partial charge in [-0.2, -0.15) is 6.32 Å². The lowest BCUT2D eigenvalue weighted by Crippen LogP contribution is -2.67. The number of rotatable bonds is 11. The van der Waals surface area contributed by atoms with Crippen molar-refractivity contribution in [2.24, 2.45) is 0 Å². The molecule has 6 heteroatoms. The van der Waals surface area contributed by atoms with Crippen molar-refractivity contribution in [1.82, 2.24) is 4.90 Å². The van der Waals surface area contributed by atoms with Gasteiger partial charge in [0.2, 0.25) is 0 Å². The molecule has 0 N–H and O–H groups in total. The van der Waals surface area contributed by atoms with Crippen LogP contribution < -0.4 is 0 Å². The molecule has 3 heterocycles. The molecule has 0 spiro atoms. The molecule has 4 aromatic carbocycles. The van der Waals surface area contributed by atoms with E-state index in [0.29, 0.717) is 14.3 Å². The van der Waals surface area contributed by atoms with Crippen molar-refractivity contribution in [2.75, 3.05) is 45.8 Å². The molecular weight excluding hydrogens is 564 g/mol. The first-order chi connectivity index (χ1) is 21.8. The molecule has 3 saturated heterocycles. The Kier molecular flexibility index (Phi) is 11.0. The average molecular weight is 611 g/mol. The van der Waals surface area contributed by atoms with E-state index in [1.165, 1.54) is 104 Å². The van der Waals surface area contributed by atoms with Crippen LogP contribution >= 0.6 is 0 Å². The van der Waals surface area contributed by atoms with Gasteiger partial charge in [-0.1, -0.05) is 92.6 Å². The Morgan fingerprint density at radius 3 is 1.60 bits per heavy atom. The largest absolute Gasteiger partial charge is 0.317 e. The number of fused-ring (bicyclic) bond motifs is 3. The fourth-order valence-electron chi connectivity index (χ4n) is 6.90. The van der Waals surface area contributed by atoms with Crippen LogP contribution in [-0.2, 0) is 5.41 Å². The molecule has 236 valence electrons. The summed E-state index contributed by atoms with van der Waals surface area (Å²) in [4.78, 5) is 2.59. The number of piperazine rings is 3. The zero-order chi connectivity index (χ0) is 31.7. The second-order valence-corrected chi connectivity index (χ2v) is 12.2. The topological polar surface area (TPSA) is 3.24 Å². The van der Waals surface area contributed by atoms with E-state index in [9.17, 15) is 13.2 Å². The van der Waals surface area contributed by atoms with Gasteiger partial charge in [-0.15, -0.1) is 0 Å². The van der Waals surface area contributed by atoms with E-state index in [1.807, 2.05) is 18.2 Å². The number of halogens is 3. The van der Waals surface area contributed by atoms with Gasteiger partial charge in [-0.25, -0.2) is 13.2 Å². The van der Waals surface area contributed by atoms with Crippen LogP contribution in [0.15, 0.2) is 110 Å². The van der Waals surface area contributed by atoms with Crippen LogP contribution in [0, 0.1) is 17.5 Å². The summed E-state index contributed by atoms with van der Waals surface area (Å²) in [5.41, 5.74) is 3.99. The molecule has 7 rings (SSSR count). The molecule has 0 aromatic heterocycles. The molecule has 0 radical (unpaired) electrons. The minimum absolute atomic E-state index is 0.348. The van der Waals surface area contributed by atoms with Crippen molar-refractivity contribution in [3.8, 4) is 0 Å². The van der Waals surface area contributed by atoms with Crippen LogP contribution in [0.3, 0.4) is 0 Å². The Bertz CT molecular complexity index is 1420. The molecule has 4 aromatic rings. The number of unbranched alkanes of at least 4 members (excludes halogenated alkanes) is 2. The first kappa shape index (κ1) is 32.8. The molecule has 0 unspecified atom stereocenters. The fourth-order valence-corrected chi connectivity index (χ4v) is 6.90. The fraction of sp³-hybridized carbons (Fsp3) is 0.333. The quantitative estimate of drug-likeness (QED) is 0.0731. The van der Waals surface area contributed by atoms with Gasteiger partial charge in [0.15, 0.2) is 0 Å². The Morgan fingerprint density at radius 2 is 1.16 bits per heavy atom. The summed E-state index contributed by atoms with van der Waals surface area (Å²) in [7, 11) is 0.396. The smallest absolute Gasteiger partial charge is 0.123 e. The Balaban J connectivity index is 0.000000200. The van der Waals surface area contributed by atoms with E-state index < -0.39 is 5.41 Å². The van der Waals surface area contributed by atoms with Crippen molar-refractivity contribution < 1.29 is 17.7 Å². The lowest BCUT2D eigenvalue weighted by molar-refractivity contribution is -0.934. The Morgan fingerprint density at radius 1 is 0.667 bits per heavy atom. The third-order valence-corrected chi connectivity index (χ3v) is 9.38. The van der Waals surface area contributed by atoms with E-state index >= 15 is 0 Å². The molecular formula is C39H46BF3N2. The lowest BCUT2D eigenvalue weighted by atomic mass is 9.66. The predicted octanol–water partition coefficient (Wildman–Crippen LogP) is 7.63. The van der Waals surface area contributed by atoms with E-state index in [4.69, 9.17) is 0 Å². The molecule has 0 saturated carbocycles. The van der Waals surface area contributed by atoms with Crippen molar-refractivity contribution in [2.45, 2.75) is 37.4 Å². The predicted molar refractivity (Wildman–Crippen MR) is 184 cm³/mol. The zero-order valence-corrected chi connectivity index (χ0v) is 25.5. The standard InChI is InChI=1S/C24H25BF3.C15H21N2/c25-14-3-1-2-13-24(18-7-4-10-21(26)15-18,19-8-5-11-22(27)16-19)20-9-6-12-23(28)17-20;1-14(15-5-3-2-4-6-15)13-17-10-7-16(8-11-17)9-12-17/h4-12,15-17H,1-3,13-14H2,25H3;2-6H,1,7-13H2/q-1;+1. The summed E-state index contributed by atoms with van der Waals surface area (Å²) in [5, 5.41) is 0.